The van der Waals surface area contributed by atoms with Crippen molar-refractivity contribution in [2.24, 2.45) is 0 Å². The number of ether oxygens (including phenoxy) is 1. The molecule has 0 radical (unpaired) electrons. The minimum atomic E-state index is -0.418. The molecule has 0 bridgehead atoms. The Bertz CT molecular complexity index is 468. The Morgan fingerprint density at radius 2 is 1.75 bits per heavy atom. The zero-order chi connectivity index (χ0) is 14.8. The second kappa shape index (κ2) is 6.06. The zero-order valence-corrected chi connectivity index (χ0v) is 13.0. The molecule has 0 atom stereocenters. The lowest BCUT2D eigenvalue weighted by atomic mass is 9.88. The summed E-state index contributed by atoms with van der Waals surface area (Å²) in [6.07, 6.45) is 0.517. The minimum absolute atomic E-state index is 0.289. The van der Waals surface area contributed by atoms with Crippen molar-refractivity contribution in [1.29, 1.82) is 0 Å². The van der Waals surface area contributed by atoms with Gasteiger partial charge in [-0.3, -0.25) is 9.69 Å². The molecule has 0 spiro atoms. The number of benzene rings is 1. The summed E-state index contributed by atoms with van der Waals surface area (Å²) in [5, 5.41) is 0. The van der Waals surface area contributed by atoms with Gasteiger partial charge in [0.25, 0.3) is 0 Å². The van der Waals surface area contributed by atoms with Gasteiger partial charge >= 0.3 is 0 Å². The standard InChI is InChI=1S/C17H25NO2/c1-13-6-5-7-14(2)15(13)12-16(19)17(3,4)18-8-10-20-11-9-18/h5-7H,8-12H2,1-4H3. The van der Waals surface area contributed by atoms with Crippen molar-refractivity contribution in [2.75, 3.05) is 26.3 Å². The predicted molar refractivity (Wildman–Crippen MR) is 81.1 cm³/mol. The molecule has 0 saturated carbocycles. The van der Waals surface area contributed by atoms with Crippen LogP contribution >= 0.6 is 0 Å². The molecule has 110 valence electrons. The van der Waals surface area contributed by atoms with Crippen LogP contribution < -0.4 is 0 Å². The summed E-state index contributed by atoms with van der Waals surface area (Å²) in [5.74, 6) is 0.289. The third-order valence-electron chi connectivity index (χ3n) is 4.47. The first kappa shape index (κ1) is 15.2. The number of aryl methyl sites for hydroxylation is 2. The molecule has 1 saturated heterocycles. The number of hydrogen-bond donors (Lipinski definition) is 0. The lowest BCUT2D eigenvalue weighted by molar-refractivity contribution is -0.131. The van der Waals surface area contributed by atoms with Gasteiger partial charge in [-0.25, -0.2) is 0 Å². The minimum Gasteiger partial charge on any atom is -0.379 e. The number of carbonyl (C=O) groups is 1. The summed E-state index contributed by atoms with van der Waals surface area (Å²) in [7, 11) is 0. The maximum Gasteiger partial charge on any atom is 0.156 e. The average Bonchev–Trinajstić information content (AvgIpc) is 2.43. The number of morpholine rings is 1. The summed E-state index contributed by atoms with van der Waals surface area (Å²) in [5.41, 5.74) is 3.17. The van der Waals surface area contributed by atoms with Gasteiger partial charge < -0.3 is 4.74 Å². The van der Waals surface area contributed by atoms with Crippen molar-refractivity contribution < 1.29 is 9.53 Å². The van der Waals surface area contributed by atoms with Gasteiger partial charge in [0.05, 0.1) is 18.8 Å². The van der Waals surface area contributed by atoms with Gasteiger partial charge in [0.15, 0.2) is 5.78 Å². The normalized spacial score (nSPS) is 17.2. The van der Waals surface area contributed by atoms with E-state index in [9.17, 15) is 4.79 Å². The Kier molecular flexibility index (Phi) is 4.61. The molecular weight excluding hydrogens is 250 g/mol. The summed E-state index contributed by atoms with van der Waals surface area (Å²) in [4.78, 5) is 15.0. The molecule has 1 aromatic carbocycles. The molecule has 0 aromatic heterocycles. The van der Waals surface area contributed by atoms with E-state index in [1.807, 2.05) is 19.9 Å². The maximum absolute atomic E-state index is 12.8. The van der Waals surface area contributed by atoms with Crippen molar-refractivity contribution in [3.8, 4) is 0 Å². The van der Waals surface area contributed by atoms with Crippen LogP contribution in [0.4, 0.5) is 0 Å². The molecule has 1 aromatic rings. The summed E-state index contributed by atoms with van der Waals surface area (Å²) >= 11 is 0. The molecule has 2 rings (SSSR count). The Morgan fingerprint density at radius 1 is 1.20 bits per heavy atom. The SMILES string of the molecule is Cc1cccc(C)c1CC(=O)C(C)(C)N1CCOCC1. The Labute approximate surface area is 121 Å². The van der Waals surface area contributed by atoms with Crippen LogP contribution in [0.5, 0.6) is 0 Å². The molecule has 3 nitrogen and oxygen atoms in total. The van der Waals surface area contributed by atoms with Crippen LogP contribution in [0.3, 0.4) is 0 Å². The van der Waals surface area contributed by atoms with E-state index in [0.29, 0.717) is 6.42 Å². The van der Waals surface area contributed by atoms with E-state index >= 15 is 0 Å². The highest BCUT2D eigenvalue weighted by Gasteiger charge is 2.35. The Hall–Kier alpha value is -1.19. The van der Waals surface area contributed by atoms with Gasteiger partial charge in [-0.2, -0.15) is 0 Å². The fraction of sp³-hybridized carbons (Fsp3) is 0.588. The van der Waals surface area contributed by atoms with Crippen molar-refractivity contribution in [1.82, 2.24) is 4.90 Å². The fourth-order valence-electron chi connectivity index (χ4n) is 2.80. The van der Waals surface area contributed by atoms with Crippen molar-refractivity contribution in [3.63, 3.8) is 0 Å². The highest BCUT2D eigenvalue weighted by Crippen LogP contribution is 2.22. The topological polar surface area (TPSA) is 29.5 Å². The van der Waals surface area contributed by atoms with Crippen LogP contribution in [0.15, 0.2) is 18.2 Å². The Morgan fingerprint density at radius 3 is 2.30 bits per heavy atom. The number of nitrogens with zero attached hydrogens (tertiary/aromatic N) is 1. The smallest absolute Gasteiger partial charge is 0.156 e. The van der Waals surface area contributed by atoms with E-state index in [1.165, 1.54) is 16.7 Å². The molecule has 1 heterocycles. The lowest BCUT2D eigenvalue weighted by Gasteiger charge is -2.39. The molecule has 0 unspecified atom stereocenters. The second-order valence-corrected chi connectivity index (χ2v) is 6.13. The third-order valence-corrected chi connectivity index (χ3v) is 4.47. The number of Topliss-reactive ketones (excluding diaryl/α,β-unsaturated/α-hetero) is 1. The van der Waals surface area contributed by atoms with Crippen LogP contribution in [-0.4, -0.2) is 42.5 Å². The van der Waals surface area contributed by atoms with E-state index in [0.717, 1.165) is 26.3 Å². The van der Waals surface area contributed by atoms with Gasteiger partial charge in [0.1, 0.15) is 0 Å². The van der Waals surface area contributed by atoms with Crippen LogP contribution in [0.2, 0.25) is 0 Å². The van der Waals surface area contributed by atoms with Crippen LogP contribution in [0.1, 0.15) is 30.5 Å². The van der Waals surface area contributed by atoms with E-state index < -0.39 is 5.54 Å². The van der Waals surface area contributed by atoms with Crippen LogP contribution in [0, 0.1) is 13.8 Å². The summed E-state index contributed by atoms with van der Waals surface area (Å²) < 4.78 is 5.38. The summed E-state index contributed by atoms with van der Waals surface area (Å²) in [6.45, 7) is 11.4. The first-order valence-electron chi connectivity index (χ1n) is 7.34. The average molecular weight is 275 g/mol. The van der Waals surface area contributed by atoms with Crippen molar-refractivity contribution in [3.05, 3.63) is 34.9 Å². The van der Waals surface area contributed by atoms with E-state index in [1.54, 1.807) is 0 Å². The fourth-order valence-corrected chi connectivity index (χ4v) is 2.80. The number of ketones is 1. The number of rotatable bonds is 4. The van der Waals surface area contributed by atoms with Crippen molar-refractivity contribution in [2.45, 2.75) is 39.7 Å². The largest absolute Gasteiger partial charge is 0.379 e. The van der Waals surface area contributed by atoms with Crippen LogP contribution in [-0.2, 0) is 16.0 Å². The molecule has 3 heteroatoms. The monoisotopic (exact) mass is 275 g/mol. The van der Waals surface area contributed by atoms with Gasteiger partial charge in [-0.1, -0.05) is 18.2 Å². The highest BCUT2D eigenvalue weighted by atomic mass is 16.5. The van der Waals surface area contributed by atoms with E-state index in [4.69, 9.17) is 4.74 Å². The van der Waals surface area contributed by atoms with Crippen molar-refractivity contribution >= 4 is 5.78 Å². The van der Waals surface area contributed by atoms with Gasteiger partial charge in [0, 0.05) is 19.5 Å². The molecular formula is C17H25NO2. The highest BCUT2D eigenvalue weighted by molar-refractivity contribution is 5.89. The molecule has 0 N–H and O–H groups in total. The molecule has 0 aliphatic carbocycles. The Balaban J connectivity index is 2.14. The second-order valence-electron chi connectivity index (χ2n) is 6.13. The molecule has 1 aliphatic heterocycles. The quantitative estimate of drug-likeness (QED) is 0.845. The molecule has 20 heavy (non-hydrogen) atoms. The predicted octanol–water partition coefficient (Wildman–Crippen LogP) is 2.53. The van der Waals surface area contributed by atoms with Crippen LogP contribution in [0.25, 0.3) is 0 Å². The summed E-state index contributed by atoms with van der Waals surface area (Å²) in [6, 6.07) is 6.21. The van der Waals surface area contributed by atoms with E-state index in [-0.39, 0.29) is 5.78 Å². The van der Waals surface area contributed by atoms with Gasteiger partial charge in [-0.05, 0) is 44.4 Å². The third kappa shape index (κ3) is 3.10. The maximum atomic E-state index is 12.8. The molecule has 1 aliphatic rings. The van der Waals surface area contributed by atoms with Gasteiger partial charge in [0.2, 0.25) is 0 Å². The first-order chi connectivity index (χ1) is 9.43. The van der Waals surface area contributed by atoms with E-state index in [2.05, 4.69) is 30.9 Å². The van der Waals surface area contributed by atoms with Gasteiger partial charge in [-0.15, -0.1) is 0 Å². The first-order valence-corrected chi connectivity index (χ1v) is 7.34. The number of hydrogen-bond acceptors (Lipinski definition) is 3. The zero-order valence-electron chi connectivity index (χ0n) is 13.0. The molecule has 1 fully saturated rings. The number of carbonyl (C=O) groups excluding carboxylic acids is 1. The molecule has 0 amide bonds. The lowest BCUT2D eigenvalue weighted by Crippen LogP contribution is -2.55.